The Morgan fingerprint density at radius 2 is 2.00 bits per heavy atom. The van der Waals surface area contributed by atoms with Gasteiger partial charge in [0.15, 0.2) is 0 Å². The molecule has 1 aromatic rings. The van der Waals surface area contributed by atoms with E-state index in [0.29, 0.717) is 6.04 Å². The number of aliphatic hydroxyl groups is 1. The number of nitrogens with one attached hydrogen (secondary N) is 1. The molecule has 0 aliphatic heterocycles. The second-order valence-corrected chi connectivity index (χ2v) is 5.46. The van der Waals surface area contributed by atoms with Gasteiger partial charge in [-0.15, -0.1) is 0 Å². The van der Waals surface area contributed by atoms with Gasteiger partial charge < -0.3 is 10.4 Å². The van der Waals surface area contributed by atoms with Gasteiger partial charge in [0.1, 0.15) is 0 Å². The highest BCUT2D eigenvalue weighted by Crippen LogP contribution is 2.23. The molecule has 0 amide bonds. The largest absolute Gasteiger partial charge is 0.392 e. The molecule has 0 heterocycles. The Morgan fingerprint density at radius 3 is 2.56 bits per heavy atom. The summed E-state index contributed by atoms with van der Waals surface area (Å²) in [6, 6.07) is 8.90. The summed E-state index contributed by atoms with van der Waals surface area (Å²) >= 11 is 3.43. The lowest BCUT2D eigenvalue weighted by molar-refractivity contribution is 0.144. The molecule has 3 atom stereocenters. The van der Waals surface area contributed by atoms with Crippen molar-refractivity contribution in [3.63, 3.8) is 0 Å². The van der Waals surface area contributed by atoms with Crippen molar-refractivity contribution in [1.29, 1.82) is 0 Å². The summed E-state index contributed by atoms with van der Waals surface area (Å²) in [7, 11) is 0. The van der Waals surface area contributed by atoms with Crippen LogP contribution in [0.5, 0.6) is 0 Å². The van der Waals surface area contributed by atoms with Crippen molar-refractivity contribution in [2.75, 3.05) is 0 Å². The van der Waals surface area contributed by atoms with Crippen molar-refractivity contribution in [2.45, 2.75) is 44.4 Å². The van der Waals surface area contributed by atoms with E-state index in [4.69, 9.17) is 0 Å². The van der Waals surface area contributed by atoms with Crippen LogP contribution < -0.4 is 5.32 Å². The van der Waals surface area contributed by atoms with Crippen molar-refractivity contribution in [1.82, 2.24) is 5.32 Å². The molecule has 2 rings (SSSR count). The summed E-state index contributed by atoms with van der Waals surface area (Å²) in [5.41, 5.74) is 1.27. The standard InChI is InChI=1S/C13H18BrNO/c1-9(10-5-7-11(14)8-6-10)15-12-3-2-4-13(12)16/h5-9,12-13,15-16H,2-4H2,1H3/t9-,12+,13+/m0/s1. The number of rotatable bonds is 3. The zero-order valence-corrected chi connectivity index (χ0v) is 11.1. The lowest BCUT2D eigenvalue weighted by atomic mass is 10.1. The highest BCUT2D eigenvalue weighted by Gasteiger charge is 2.26. The van der Waals surface area contributed by atoms with Crippen molar-refractivity contribution in [3.8, 4) is 0 Å². The lowest BCUT2D eigenvalue weighted by Gasteiger charge is -2.22. The predicted molar refractivity (Wildman–Crippen MR) is 69.3 cm³/mol. The first kappa shape index (κ1) is 12.1. The van der Waals surface area contributed by atoms with Gasteiger partial charge >= 0.3 is 0 Å². The molecule has 0 unspecified atom stereocenters. The van der Waals surface area contributed by atoms with Gasteiger partial charge in [0.2, 0.25) is 0 Å². The SMILES string of the molecule is C[C@H](N[C@@H]1CCC[C@H]1O)c1ccc(Br)cc1. The van der Waals surface area contributed by atoms with E-state index < -0.39 is 0 Å². The van der Waals surface area contributed by atoms with E-state index in [1.165, 1.54) is 5.56 Å². The van der Waals surface area contributed by atoms with Crippen LogP contribution in [-0.2, 0) is 0 Å². The van der Waals surface area contributed by atoms with Crippen molar-refractivity contribution in [3.05, 3.63) is 34.3 Å². The first-order valence-corrected chi connectivity index (χ1v) is 6.65. The Hall–Kier alpha value is -0.380. The quantitative estimate of drug-likeness (QED) is 0.894. The molecule has 0 bridgehead atoms. The molecule has 16 heavy (non-hydrogen) atoms. The van der Waals surface area contributed by atoms with E-state index >= 15 is 0 Å². The molecule has 1 saturated carbocycles. The molecule has 2 nitrogen and oxygen atoms in total. The molecule has 88 valence electrons. The number of halogens is 1. The van der Waals surface area contributed by atoms with E-state index in [-0.39, 0.29) is 12.1 Å². The smallest absolute Gasteiger partial charge is 0.0693 e. The fourth-order valence-corrected chi connectivity index (χ4v) is 2.57. The topological polar surface area (TPSA) is 32.3 Å². The maximum Gasteiger partial charge on any atom is 0.0693 e. The van der Waals surface area contributed by atoms with Crippen LogP contribution in [0.4, 0.5) is 0 Å². The third-order valence-corrected chi connectivity index (χ3v) is 3.84. The molecule has 1 aliphatic carbocycles. The van der Waals surface area contributed by atoms with E-state index in [1.807, 2.05) is 0 Å². The molecular formula is C13H18BrNO. The molecule has 0 saturated heterocycles. The minimum atomic E-state index is -0.169. The van der Waals surface area contributed by atoms with E-state index in [2.05, 4.69) is 52.4 Å². The second-order valence-electron chi connectivity index (χ2n) is 4.54. The van der Waals surface area contributed by atoms with Gasteiger partial charge in [0.25, 0.3) is 0 Å². The molecule has 1 fully saturated rings. The average molecular weight is 284 g/mol. The van der Waals surface area contributed by atoms with E-state index in [1.54, 1.807) is 0 Å². The lowest BCUT2D eigenvalue weighted by Crippen LogP contribution is -2.37. The van der Waals surface area contributed by atoms with Gasteiger partial charge in [-0.3, -0.25) is 0 Å². The highest BCUT2D eigenvalue weighted by atomic mass is 79.9. The van der Waals surface area contributed by atoms with Crippen LogP contribution in [0.2, 0.25) is 0 Å². The third kappa shape index (κ3) is 2.84. The Bertz CT molecular complexity index is 338. The second kappa shape index (κ2) is 5.30. The van der Waals surface area contributed by atoms with Crippen LogP contribution in [0.3, 0.4) is 0 Å². The van der Waals surface area contributed by atoms with Crippen LogP contribution in [0, 0.1) is 0 Å². The van der Waals surface area contributed by atoms with Crippen LogP contribution in [0.25, 0.3) is 0 Å². The van der Waals surface area contributed by atoms with Gasteiger partial charge in [-0.25, -0.2) is 0 Å². The number of hydrogen-bond donors (Lipinski definition) is 2. The van der Waals surface area contributed by atoms with E-state index in [0.717, 1.165) is 23.7 Å². The predicted octanol–water partition coefficient (Wildman–Crippen LogP) is 3.01. The minimum Gasteiger partial charge on any atom is -0.392 e. The average Bonchev–Trinajstić information content (AvgIpc) is 2.65. The first-order valence-electron chi connectivity index (χ1n) is 5.86. The molecule has 0 spiro atoms. The molecule has 3 heteroatoms. The fraction of sp³-hybridized carbons (Fsp3) is 0.538. The number of benzene rings is 1. The van der Waals surface area contributed by atoms with Crippen molar-refractivity contribution in [2.24, 2.45) is 0 Å². The highest BCUT2D eigenvalue weighted by molar-refractivity contribution is 9.10. The zero-order valence-electron chi connectivity index (χ0n) is 9.49. The fourth-order valence-electron chi connectivity index (χ4n) is 2.30. The molecule has 1 aromatic carbocycles. The zero-order chi connectivity index (χ0) is 11.5. The summed E-state index contributed by atoms with van der Waals surface area (Å²) in [4.78, 5) is 0. The van der Waals surface area contributed by atoms with Crippen LogP contribution in [0.15, 0.2) is 28.7 Å². The molecular weight excluding hydrogens is 266 g/mol. The molecule has 2 N–H and O–H groups in total. The number of aliphatic hydroxyl groups excluding tert-OH is 1. The monoisotopic (exact) mass is 283 g/mol. The Morgan fingerprint density at radius 1 is 1.31 bits per heavy atom. The van der Waals surface area contributed by atoms with Gasteiger partial charge in [0.05, 0.1) is 6.10 Å². The van der Waals surface area contributed by atoms with E-state index in [9.17, 15) is 5.11 Å². The normalized spacial score (nSPS) is 26.9. The first-order chi connectivity index (χ1) is 7.66. The maximum atomic E-state index is 9.76. The molecule has 1 aliphatic rings. The third-order valence-electron chi connectivity index (χ3n) is 3.31. The molecule has 0 aromatic heterocycles. The summed E-state index contributed by atoms with van der Waals surface area (Å²) < 4.78 is 1.10. The Labute approximate surface area is 105 Å². The summed E-state index contributed by atoms with van der Waals surface area (Å²) in [5.74, 6) is 0. The number of hydrogen-bond acceptors (Lipinski definition) is 2. The summed E-state index contributed by atoms with van der Waals surface area (Å²) in [5, 5.41) is 13.3. The van der Waals surface area contributed by atoms with Gasteiger partial charge in [-0.05, 0) is 43.9 Å². The van der Waals surface area contributed by atoms with Gasteiger partial charge in [-0.2, -0.15) is 0 Å². The Balaban J connectivity index is 1.97. The Kier molecular flexibility index (Phi) is 4.00. The van der Waals surface area contributed by atoms with Crippen molar-refractivity contribution < 1.29 is 5.11 Å². The summed E-state index contributed by atoms with van der Waals surface area (Å²) in [6.07, 6.45) is 2.98. The molecule has 0 radical (unpaired) electrons. The van der Waals surface area contributed by atoms with Crippen LogP contribution in [0.1, 0.15) is 37.8 Å². The van der Waals surface area contributed by atoms with Crippen LogP contribution >= 0.6 is 15.9 Å². The van der Waals surface area contributed by atoms with Crippen LogP contribution in [-0.4, -0.2) is 17.3 Å². The van der Waals surface area contributed by atoms with Crippen molar-refractivity contribution >= 4 is 15.9 Å². The maximum absolute atomic E-state index is 9.76. The summed E-state index contributed by atoms with van der Waals surface area (Å²) in [6.45, 7) is 2.15. The van der Waals surface area contributed by atoms with Gasteiger partial charge in [-0.1, -0.05) is 28.1 Å². The minimum absolute atomic E-state index is 0.169. The van der Waals surface area contributed by atoms with Gasteiger partial charge in [0, 0.05) is 16.6 Å².